The molecule has 2 fully saturated rings. The molecule has 0 bridgehead atoms. The van der Waals surface area contributed by atoms with Crippen molar-refractivity contribution in [1.29, 1.82) is 0 Å². The molecule has 33 heavy (non-hydrogen) atoms. The Morgan fingerprint density at radius 3 is 2.39 bits per heavy atom. The van der Waals surface area contributed by atoms with Crippen molar-refractivity contribution in [1.82, 2.24) is 0 Å². The largest absolute Gasteiger partial charge is 0.431 e. The van der Waals surface area contributed by atoms with Crippen molar-refractivity contribution in [2.24, 2.45) is 33.5 Å². The minimum absolute atomic E-state index is 0.0452. The predicted octanol–water partition coefficient (Wildman–Crippen LogP) is 4.39. The molecule has 4 aliphatic carbocycles. The van der Waals surface area contributed by atoms with Gasteiger partial charge in [-0.25, -0.2) is 4.79 Å². The van der Waals surface area contributed by atoms with Crippen LogP contribution < -0.4 is 5.63 Å². The van der Waals surface area contributed by atoms with Crippen molar-refractivity contribution in [3.63, 3.8) is 0 Å². The van der Waals surface area contributed by atoms with Gasteiger partial charge in [-0.1, -0.05) is 53.7 Å². The fourth-order valence-electron chi connectivity index (χ4n) is 8.69. The Labute approximate surface area is 195 Å². The standard InChI is InChI=1S/C28H36O5/c1-24(2)15-28(32)17-8-9-19-25(3,4)20(29)11-12-26(19,5)18(17)13-21(30)27(28,6)23(24)16-7-10-22(31)33-14-16/h7-8,10-12,14,18-19,21,23,30,32H,9,13,15H2,1-6H3/t18-,19-,21+,23-,26+,27+,28-/m0/s1. The molecule has 7 atom stereocenters. The van der Waals surface area contributed by atoms with Crippen molar-refractivity contribution < 1.29 is 19.4 Å². The van der Waals surface area contributed by atoms with E-state index in [-0.39, 0.29) is 34.4 Å². The van der Waals surface area contributed by atoms with E-state index in [4.69, 9.17) is 4.42 Å². The van der Waals surface area contributed by atoms with Crippen LogP contribution in [-0.2, 0) is 4.79 Å². The highest BCUT2D eigenvalue weighted by atomic mass is 16.4. The van der Waals surface area contributed by atoms with Crippen molar-refractivity contribution >= 4 is 5.78 Å². The smallest absolute Gasteiger partial charge is 0.335 e. The molecule has 0 spiro atoms. The van der Waals surface area contributed by atoms with Crippen LogP contribution in [-0.4, -0.2) is 27.7 Å². The van der Waals surface area contributed by atoms with Crippen LogP contribution in [0.4, 0.5) is 0 Å². The van der Waals surface area contributed by atoms with Gasteiger partial charge in [-0.2, -0.15) is 0 Å². The van der Waals surface area contributed by atoms with Gasteiger partial charge in [0.25, 0.3) is 0 Å². The molecule has 0 amide bonds. The van der Waals surface area contributed by atoms with Crippen LogP contribution in [0.25, 0.3) is 0 Å². The molecule has 2 saturated carbocycles. The zero-order chi connectivity index (χ0) is 24.2. The van der Waals surface area contributed by atoms with Gasteiger partial charge in [0, 0.05) is 22.8 Å². The molecule has 2 N–H and O–H groups in total. The lowest BCUT2D eigenvalue weighted by atomic mass is 9.44. The first kappa shape index (κ1) is 22.8. The number of hydrogen-bond acceptors (Lipinski definition) is 5. The molecular formula is C28H36O5. The molecule has 5 nitrogen and oxygen atoms in total. The fourth-order valence-corrected chi connectivity index (χ4v) is 8.69. The lowest BCUT2D eigenvalue weighted by Gasteiger charge is -2.61. The summed E-state index contributed by atoms with van der Waals surface area (Å²) in [6.07, 6.45) is 8.44. The highest BCUT2D eigenvalue weighted by molar-refractivity contribution is 5.95. The number of carbonyl (C=O) groups is 1. The number of aliphatic hydroxyl groups is 2. The number of carbonyl (C=O) groups excluding carboxylic acids is 1. The molecular weight excluding hydrogens is 416 g/mol. The van der Waals surface area contributed by atoms with Crippen LogP contribution in [0.3, 0.4) is 0 Å². The van der Waals surface area contributed by atoms with Gasteiger partial charge in [-0.15, -0.1) is 0 Å². The first-order valence-electron chi connectivity index (χ1n) is 12.1. The lowest BCUT2D eigenvalue weighted by molar-refractivity contribution is -0.154. The van der Waals surface area contributed by atoms with Crippen LogP contribution in [0, 0.1) is 33.5 Å². The molecule has 0 saturated heterocycles. The summed E-state index contributed by atoms with van der Waals surface area (Å²) in [4.78, 5) is 24.3. The lowest BCUT2D eigenvalue weighted by Crippen LogP contribution is -2.63. The van der Waals surface area contributed by atoms with Gasteiger partial charge in [-0.3, -0.25) is 4.79 Å². The Balaban J connectivity index is 1.67. The summed E-state index contributed by atoms with van der Waals surface area (Å²) in [5.41, 5.74) is -1.75. The maximum Gasteiger partial charge on any atom is 0.335 e. The second-order valence-electron chi connectivity index (χ2n) is 12.7. The number of hydrogen-bond donors (Lipinski definition) is 2. The van der Waals surface area contributed by atoms with E-state index >= 15 is 0 Å². The minimum atomic E-state index is -1.20. The Kier molecular flexibility index (Phi) is 4.54. The maximum atomic E-state index is 12.7. The Morgan fingerprint density at radius 1 is 1.06 bits per heavy atom. The fraction of sp³-hybridized carbons (Fsp3) is 0.643. The van der Waals surface area contributed by atoms with Gasteiger partial charge >= 0.3 is 5.63 Å². The molecule has 178 valence electrons. The van der Waals surface area contributed by atoms with E-state index in [1.165, 1.54) is 12.3 Å². The number of aliphatic hydroxyl groups excluding tert-OH is 1. The third-order valence-electron chi connectivity index (χ3n) is 10.2. The second-order valence-corrected chi connectivity index (χ2v) is 12.7. The summed E-state index contributed by atoms with van der Waals surface area (Å²) in [5.74, 6) is 0.0252. The van der Waals surface area contributed by atoms with Crippen molar-refractivity contribution in [2.75, 3.05) is 0 Å². The van der Waals surface area contributed by atoms with Gasteiger partial charge in [-0.05, 0) is 65.2 Å². The zero-order valence-corrected chi connectivity index (χ0v) is 20.5. The van der Waals surface area contributed by atoms with Gasteiger partial charge in [0.2, 0.25) is 0 Å². The molecule has 0 aromatic carbocycles. The third kappa shape index (κ3) is 2.67. The molecule has 0 unspecified atom stereocenters. The third-order valence-corrected chi connectivity index (χ3v) is 10.2. The number of rotatable bonds is 1. The van der Waals surface area contributed by atoms with E-state index in [0.717, 1.165) is 17.6 Å². The number of fused-ring (bicyclic) bond motifs is 5. The van der Waals surface area contributed by atoms with E-state index in [2.05, 4.69) is 26.8 Å². The number of ketones is 1. The van der Waals surface area contributed by atoms with Crippen LogP contribution >= 0.6 is 0 Å². The predicted molar refractivity (Wildman–Crippen MR) is 126 cm³/mol. The van der Waals surface area contributed by atoms with Crippen LogP contribution in [0.15, 0.2) is 51.4 Å². The van der Waals surface area contributed by atoms with Gasteiger partial charge in [0.15, 0.2) is 5.78 Å². The molecule has 5 rings (SSSR count). The highest BCUT2D eigenvalue weighted by Gasteiger charge is 2.73. The molecule has 0 radical (unpaired) electrons. The molecule has 1 aromatic heterocycles. The first-order valence-corrected chi connectivity index (χ1v) is 12.1. The average molecular weight is 453 g/mol. The molecule has 1 heterocycles. The molecule has 5 heteroatoms. The molecule has 4 aliphatic rings. The van der Waals surface area contributed by atoms with E-state index in [1.807, 2.05) is 26.8 Å². The normalized spacial score (nSPS) is 45.1. The Morgan fingerprint density at radius 2 is 1.76 bits per heavy atom. The maximum absolute atomic E-state index is 12.7. The van der Waals surface area contributed by atoms with E-state index in [0.29, 0.717) is 12.8 Å². The minimum Gasteiger partial charge on any atom is -0.431 e. The summed E-state index contributed by atoms with van der Waals surface area (Å²) in [7, 11) is 0. The quantitative estimate of drug-likeness (QED) is 0.617. The molecule has 1 aromatic rings. The SMILES string of the molecule is CC1(C)C[C@]2(O)C3=CC[C@H]4C(C)(C)C(=O)C=C[C@]4(C)[C@H]3C[C@@H](O)[C@]2(C)[C@H]1c1ccc(=O)oc1. The van der Waals surface area contributed by atoms with Crippen molar-refractivity contribution in [3.05, 3.63) is 58.2 Å². The average Bonchev–Trinajstić information content (AvgIpc) is 2.90. The Bertz CT molecular complexity index is 1120. The van der Waals surface area contributed by atoms with Gasteiger partial charge in [0.05, 0.1) is 18.0 Å². The van der Waals surface area contributed by atoms with E-state index in [9.17, 15) is 19.8 Å². The summed E-state index contributed by atoms with van der Waals surface area (Å²) >= 11 is 0. The highest BCUT2D eigenvalue weighted by Crippen LogP contribution is 2.73. The van der Waals surface area contributed by atoms with Crippen molar-refractivity contribution in [2.45, 2.75) is 78.4 Å². The van der Waals surface area contributed by atoms with Crippen LogP contribution in [0.2, 0.25) is 0 Å². The zero-order valence-electron chi connectivity index (χ0n) is 20.5. The Hall–Kier alpha value is -1.98. The summed E-state index contributed by atoms with van der Waals surface area (Å²) < 4.78 is 5.21. The van der Waals surface area contributed by atoms with E-state index < -0.39 is 28.2 Å². The van der Waals surface area contributed by atoms with Crippen LogP contribution in [0.1, 0.15) is 72.3 Å². The van der Waals surface area contributed by atoms with Crippen molar-refractivity contribution in [3.8, 4) is 0 Å². The van der Waals surface area contributed by atoms with Gasteiger partial charge < -0.3 is 14.6 Å². The monoisotopic (exact) mass is 452 g/mol. The first-order chi connectivity index (χ1) is 15.2. The van der Waals surface area contributed by atoms with Gasteiger partial charge in [0.1, 0.15) is 0 Å². The second kappa shape index (κ2) is 6.57. The van der Waals surface area contributed by atoms with Crippen LogP contribution in [0.5, 0.6) is 0 Å². The molecule has 0 aliphatic heterocycles. The summed E-state index contributed by atoms with van der Waals surface area (Å²) in [6, 6.07) is 3.19. The summed E-state index contributed by atoms with van der Waals surface area (Å²) in [6.45, 7) is 12.5. The summed E-state index contributed by atoms with van der Waals surface area (Å²) in [5, 5.41) is 24.3. The van der Waals surface area contributed by atoms with E-state index in [1.54, 1.807) is 12.1 Å². The topological polar surface area (TPSA) is 87.7 Å². The number of allylic oxidation sites excluding steroid dienone is 3.